The Morgan fingerprint density at radius 3 is 2.48 bits per heavy atom. The van der Waals surface area contributed by atoms with E-state index in [4.69, 9.17) is 0 Å². The van der Waals surface area contributed by atoms with Crippen LogP contribution in [0.4, 0.5) is 0 Å². The Labute approximate surface area is 146 Å². The van der Waals surface area contributed by atoms with Gasteiger partial charge in [-0.3, -0.25) is 9.36 Å². The lowest BCUT2D eigenvalue weighted by molar-refractivity contribution is 0.0781. The van der Waals surface area contributed by atoms with E-state index in [9.17, 15) is 4.79 Å². The monoisotopic (exact) mass is 332 g/mol. The summed E-state index contributed by atoms with van der Waals surface area (Å²) in [5.41, 5.74) is 3.83. The fourth-order valence-electron chi connectivity index (χ4n) is 4.13. The van der Waals surface area contributed by atoms with Gasteiger partial charge >= 0.3 is 0 Å². The van der Waals surface area contributed by atoms with Crippen molar-refractivity contribution in [1.82, 2.24) is 19.8 Å². The van der Waals surface area contributed by atoms with Gasteiger partial charge in [-0.15, -0.1) is 0 Å². The fraction of sp³-hybridized carbons (Fsp3) is 0.300. The van der Waals surface area contributed by atoms with Gasteiger partial charge in [0, 0.05) is 37.4 Å². The third-order valence-corrected chi connectivity index (χ3v) is 5.52. The normalized spacial score (nSPS) is 22.5. The maximum atomic E-state index is 12.8. The summed E-state index contributed by atoms with van der Waals surface area (Å²) in [6.07, 6.45) is 1.83. The molecule has 5 nitrogen and oxygen atoms in total. The number of carbonyl (C=O) groups is 1. The summed E-state index contributed by atoms with van der Waals surface area (Å²) in [5, 5.41) is 3.41. The van der Waals surface area contributed by atoms with Crippen LogP contribution in [-0.2, 0) is 0 Å². The van der Waals surface area contributed by atoms with E-state index in [1.807, 2.05) is 53.7 Å². The number of nitrogens with one attached hydrogen (secondary N) is 1. The molecule has 1 amide bonds. The van der Waals surface area contributed by atoms with Gasteiger partial charge in [-0.1, -0.05) is 12.1 Å². The van der Waals surface area contributed by atoms with Gasteiger partial charge in [-0.2, -0.15) is 0 Å². The van der Waals surface area contributed by atoms with E-state index in [0.717, 1.165) is 48.5 Å². The van der Waals surface area contributed by atoms with Crippen LogP contribution in [0.25, 0.3) is 16.7 Å². The summed E-state index contributed by atoms with van der Waals surface area (Å²) < 4.78 is 2.05. The molecule has 0 radical (unpaired) electrons. The van der Waals surface area contributed by atoms with Crippen LogP contribution in [0.15, 0.2) is 54.9 Å². The molecule has 1 aromatic heterocycles. The van der Waals surface area contributed by atoms with Crippen LogP contribution in [0, 0.1) is 11.8 Å². The van der Waals surface area contributed by atoms with Crippen LogP contribution < -0.4 is 5.32 Å². The number of imidazole rings is 1. The number of para-hydroxylation sites is 2. The lowest BCUT2D eigenvalue weighted by Crippen LogP contribution is -2.31. The predicted octanol–water partition coefficient (Wildman–Crippen LogP) is 2.32. The topological polar surface area (TPSA) is 50.2 Å². The SMILES string of the molecule is O=C(c1ccc(-n2cnc3ccccc32)cc1)N1C[C@H]2CNC[C@H]2C1. The van der Waals surface area contributed by atoms with Gasteiger partial charge < -0.3 is 10.2 Å². The molecule has 0 bridgehead atoms. The highest BCUT2D eigenvalue weighted by atomic mass is 16.2. The van der Waals surface area contributed by atoms with Crippen LogP contribution in [0.1, 0.15) is 10.4 Å². The number of carbonyl (C=O) groups excluding carboxylic acids is 1. The maximum Gasteiger partial charge on any atom is 0.253 e. The standard InChI is InChI=1S/C20H20N4O/c25-20(23-11-15-9-21-10-16(15)12-23)14-5-7-17(8-6-14)24-13-22-18-3-1-2-4-19(18)24/h1-8,13,15-16,21H,9-12H2/t15-,16+. The highest BCUT2D eigenvalue weighted by Gasteiger charge is 2.38. The molecule has 2 aromatic carbocycles. The Hall–Kier alpha value is -2.66. The van der Waals surface area contributed by atoms with Crippen molar-refractivity contribution in [2.45, 2.75) is 0 Å². The summed E-state index contributed by atoms with van der Waals surface area (Å²) in [6, 6.07) is 15.9. The first-order valence-corrected chi connectivity index (χ1v) is 8.82. The number of rotatable bonds is 2. The van der Waals surface area contributed by atoms with E-state index >= 15 is 0 Å². The molecule has 25 heavy (non-hydrogen) atoms. The summed E-state index contributed by atoms with van der Waals surface area (Å²) in [7, 11) is 0. The molecule has 0 aliphatic carbocycles. The molecule has 5 heteroatoms. The van der Waals surface area contributed by atoms with Gasteiger partial charge in [0.2, 0.25) is 0 Å². The lowest BCUT2D eigenvalue weighted by Gasteiger charge is -2.17. The van der Waals surface area contributed by atoms with Gasteiger partial charge in [-0.25, -0.2) is 4.98 Å². The zero-order chi connectivity index (χ0) is 16.8. The number of amides is 1. The molecule has 126 valence electrons. The van der Waals surface area contributed by atoms with E-state index in [1.165, 1.54) is 0 Å². The van der Waals surface area contributed by atoms with E-state index in [0.29, 0.717) is 11.8 Å². The molecule has 2 atom stereocenters. The highest BCUT2D eigenvalue weighted by molar-refractivity contribution is 5.94. The minimum atomic E-state index is 0.149. The minimum Gasteiger partial charge on any atom is -0.338 e. The Morgan fingerprint density at radius 1 is 1.00 bits per heavy atom. The Balaban J connectivity index is 1.39. The van der Waals surface area contributed by atoms with Crippen molar-refractivity contribution < 1.29 is 4.79 Å². The predicted molar refractivity (Wildman–Crippen MR) is 96.8 cm³/mol. The zero-order valence-electron chi connectivity index (χ0n) is 13.9. The van der Waals surface area contributed by atoms with Crippen molar-refractivity contribution in [1.29, 1.82) is 0 Å². The number of hydrogen-bond acceptors (Lipinski definition) is 3. The summed E-state index contributed by atoms with van der Waals surface area (Å²) >= 11 is 0. The second kappa shape index (κ2) is 5.70. The molecular formula is C20H20N4O. The van der Waals surface area contributed by atoms with E-state index in [1.54, 1.807) is 0 Å². The Bertz CT molecular complexity index is 918. The molecule has 1 N–H and O–H groups in total. The minimum absolute atomic E-state index is 0.149. The van der Waals surface area contributed by atoms with Crippen molar-refractivity contribution in [2.24, 2.45) is 11.8 Å². The van der Waals surface area contributed by atoms with E-state index in [-0.39, 0.29) is 5.91 Å². The second-order valence-electron chi connectivity index (χ2n) is 7.04. The first kappa shape index (κ1) is 14.7. The lowest BCUT2D eigenvalue weighted by atomic mass is 10.0. The van der Waals surface area contributed by atoms with Crippen molar-refractivity contribution in [3.8, 4) is 5.69 Å². The van der Waals surface area contributed by atoms with E-state index in [2.05, 4.69) is 20.9 Å². The largest absolute Gasteiger partial charge is 0.338 e. The first-order chi connectivity index (χ1) is 12.3. The van der Waals surface area contributed by atoms with Gasteiger partial charge in [0.1, 0.15) is 6.33 Å². The molecule has 2 aliphatic heterocycles. The molecule has 3 aromatic rings. The fourth-order valence-corrected chi connectivity index (χ4v) is 4.13. The van der Waals surface area contributed by atoms with Crippen LogP contribution >= 0.6 is 0 Å². The molecular weight excluding hydrogens is 312 g/mol. The third-order valence-electron chi connectivity index (χ3n) is 5.52. The molecule has 0 unspecified atom stereocenters. The smallest absolute Gasteiger partial charge is 0.253 e. The zero-order valence-corrected chi connectivity index (χ0v) is 13.9. The van der Waals surface area contributed by atoms with E-state index < -0.39 is 0 Å². The number of hydrogen-bond donors (Lipinski definition) is 1. The average Bonchev–Trinajstić information content (AvgIpc) is 3.35. The van der Waals surface area contributed by atoms with Crippen molar-refractivity contribution in [2.75, 3.05) is 26.2 Å². The highest BCUT2D eigenvalue weighted by Crippen LogP contribution is 2.27. The van der Waals surface area contributed by atoms with Crippen molar-refractivity contribution >= 4 is 16.9 Å². The first-order valence-electron chi connectivity index (χ1n) is 8.82. The summed E-state index contributed by atoms with van der Waals surface area (Å²) in [5.74, 6) is 1.40. The number of nitrogens with zero attached hydrogens (tertiary/aromatic N) is 3. The second-order valence-corrected chi connectivity index (χ2v) is 7.04. The number of fused-ring (bicyclic) bond motifs is 2. The maximum absolute atomic E-state index is 12.8. The molecule has 5 rings (SSSR count). The van der Waals surface area contributed by atoms with Crippen LogP contribution in [0.3, 0.4) is 0 Å². The molecule has 2 fully saturated rings. The number of aromatic nitrogens is 2. The Kier molecular flexibility index (Phi) is 3.35. The van der Waals surface area contributed by atoms with Crippen LogP contribution in [0.5, 0.6) is 0 Å². The summed E-state index contributed by atoms with van der Waals surface area (Å²) in [4.78, 5) is 19.2. The number of likely N-dealkylation sites (tertiary alicyclic amines) is 1. The number of benzene rings is 2. The third kappa shape index (κ3) is 2.43. The van der Waals surface area contributed by atoms with Gasteiger partial charge in [0.05, 0.1) is 11.0 Å². The molecule has 2 aliphatic rings. The van der Waals surface area contributed by atoms with Gasteiger partial charge in [0.25, 0.3) is 5.91 Å². The molecule has 2 saturated heterocycles. The van der Waals surface area contributed by atoms with Crippen LogP contribution in [0.2, 0.25) is 0 Å². The Morgan fingerprint density at radius 2 is 1.72 bits per heavy atom. The molecule has 3 heterocycles. The van der Waals surface area contributed by atoms with Crippen molar-refractivity contribution in [3.63, 3.8) is 0 Å². The van der Waals surface area contributed by atoms with Gasteiger partial charge in [-0.05, 0) is 48.2 Å². The summed E-state index contributed by atoms with van der Waals surface area (Å²) in [6.45, 7) is 3.84. The quantitative estimate of drug-likeness (QED) is 0.783. The molecule has 0 saturated carbocycles. The van der Waals surface area contributed by atoms with Gasteiger partial charge in [0.15, 0.2) is 0 Å². The van der Waals surface area contributed by atoms with Crippen LogP contribution in [-0.4, -0.2) is 46.5 Å². The van der Waals surface area contributed by atoms with Crippen molar-refractivity contribution in [3.05, 3.63) is 60.4 Å². The molecule has 0 spiro atoms. The average molecular weight is 332 g/mol.